The fourth-order valence-electron chi connectivity index (χ4n) is 1.67. The third kappa shape index (κ3) is 2.04. The van der Waals surface area contributed by atoms with Crippen LogP contribution in [0.4, 0.5) is 10.1 Å². The van der Waals surface area contributed by atoms with Gasteiger partial charge in [0.05, 0.1) is 5.69 Å². The molecule has 0 radical (unpaired) electrons. The minimum atomic E-state index is -0.438. The second-order valence-corrected chi connectivity index (χ2v) is 4.84. The summed E-state index contributed by atoms with van der Waals surface area (Å²) in [7, 11) is 1.58. The smallest absolute Gasteiger partial charge is 0.235 e. The van der Waals surface area contributed by atoms with E-state index in [1.807, 2.05) is 0 Å². The molecule has 0 saturated heterocycles. The normalized spacial score (nSPS) is 11.3. The molecule has 3 aromatic rings. The molecule has 0 spiro atoms. The van der Waals surface area contributed by atoms with Crippen molar-refractivity contribution >= 4 is 22.0 Å². The molecule has 0 unspecified atom stereocenters. The molecule has 0 aliphatic carbocycles. The van der Waals surface area contributed by atoms with Crippen molar-refractivity contribution in [3.05, 3.63) is 29.8 Å². The Balaban J connectivity index is 2.07. The Kier molecular flexibility index (Phi) is 2.88. The van der Waals surface area contributed by atoms with Crippen molar-refractivity contribution in [2.24, 2.45) is 0 Å². The number of nitrogen functional groups attached to an aromatic ring is 1. The van der Waals surface area contributed by atoms with E-state index in [4.69, 9.17) is 10.5 Å². The van der Waals surface area contributed by atoms with Gasteiger partial charge in [-0.1, -0.05) is 11.3 Å². The van der Waals surface area contributed by atoms with Crippen LogP contribution in [0.1, 0.15) is 5.82 Å². The van der Waals surface area contributed by atoms with Crippen LogP contribution in [-0.2, 0) is 11.3 Å². The molecular formula is C11H10FN5OS. The van der Waals surface area contributed by atoms with Crippen molar-refractivity contribution in [3.8, 4) is 10.6 Å². The number of hydrogen-bond donors (Lipinski definition) is 1. The zero-order chi connectivity index (χ0) is 13.4. The van der Waals surface area contributed by atoms with E-state index in [-0.39, 0.29) is 5.69 Å². The maximum atomic E-state index is 13.1. The van der Waals surface area contributed by atoms with Gasteiger partial charge >= 0.3 is 0 Å². The Labute approximate surface area is 111 Å². The van der Waals surface area contributed by atoms with Gasteiger partial charge in [-0.15, -0.1) is 10.2 Å². The van der Waals surface area contributed by atoms with Crippen LogP contribution in [0.25, 0.3) is 15.5 Å². The number of nitrogens with two attached hydrogens (primary N) is 1. The number of rotatable bonds is 3. The number of aromatic nitrogens is 4. The van der Waals surface area contributed by atoms with Gasteiger partial charge in [0.1, 0.15) is 17.4 Å². The molecule has 0 aliphatic heterocycles. The average molecular weight is 279 g/mol. The van der Waals surface area contributed by atoms with Crippen molar-refractivity contribution in [1.29, 1.82) is 0 Å². The quantitative estimate of drug-likeness (QED) is 0.738. The lowest BCUT2D eigenvalue weighted by molar-refractivity contribution is 0.176. The fourth-order valence-corrected chi connectivity index (χ4v) is 2.52. The summed E-state index contributed by atoms with van der Waals surface area (Å²) >= 11 is 1.36. The van der Waals surface area contributed by atoms with E-state index in [2.05, 4.69) is 15.3 Å². The first-order chi connectivity index (χ1) is 9.19. The molecule has 0 fully saturated rings. The highest BCUT2D eigenvalue weighted by Gasteiger charge is 2.13. The highest BCUT2D eigenvalue weighted by atomic mass is 32.1. The predicted molar refractivity (Wildman–Crippen MR) is 69.2 cm³/mol. The highest BCUT2D eigenvalue weighted by Crippen LogP contribution is 2.27. The highest BCUT2D eigenvalue weighted by molar-refractivity contribution is 7.19. The molecule has 2 heterocycles. The Morgan fingerprint density at radius 1 is 1.42 bits per heavy atom. The van der Waals surface area contributed by atoms with Crippen LogP contribution in [0.5, 0.6) is 0 Å². The van der Waals surface area contributed by atoms with Crippen LogP contribution in [0.3, 0.4) is 0 Å². The number of ether oxygens (including phenoxy) is 1. The van der Waals surface area contributed by atoms with Gasteiger partial charge in [0.2, 0.25) is 4.96 Å². The first-order valence-electron chi connectivity index (χ1n) is 5.44. The number of halogens is 1. The van der Waals surface area contributed by atoms with Gasteiger partial charge < -0.3 is 10.5 Å². The number of methoxy groups -OCH3 is 1. The van der Waals surface area contributed by atoms with Crippen molar-refractivity contribution in [2.75, 3.05) is 12.8 Å². The van der Waals surface area contributed by atoms with E-state index >= 15 is 0 Å². The van der Waals surface area contributed by atoms with Crippen molar-refractivity contribution in [2.45, 2.75) is 6.61 Å². The third-order valence-electron chi connectivity index (χ3n) is 2.57. The van der Waals surface area contributed by atoms with Crippen LogP contribution in [-0.4, -0.2) is 26.9 Å². The summed E-state index contributed by atoms with van der Waals surface area (Å²) in [4.78, 5) is 0.657. The van der Waals surface area contributed by atoms with E-state index in [9.17, 15) is 4.39 Å². The van der Waals surface area contributed by atoms with Gasteiger partial charge in [-0.25, -0.2) is 4.39 Å². The fraction of sp³-hybridized carbons (Fsp3) is 0.182. The van der Waals surface area contributed by atoms with Gasteiger partial charge in [0.25, 0.3) is 0 Å². The van der Waals surface area contributed by atoms with Crippen LogP contribution < -0.4 is 5.73 Å². The molecule has 2 N–H and O–H groups in total. The lowest BCUT2D eigenvalue weighted by Crippen LogP contribution is -1.97. The monoisotopic (exact) mass is 279 g/mol. The van der Waals surface area contributed by atoms with E-state index in [0.29, 0.717) is 22.4 Å². The Morgan fingerprint density at radius 2 is 2.26 bits per heavy atom. The molecule has 8 heteroatoms. The molecule has 2 aromatic heterocycles. The van der Waals surface area contributed by atoms with Crippen molar-refractivity contribution in [3.63, 3.8) is 0 Å². The standard InChI is InChI=1S/C11H10FN5OS/c1-18-5-9-14-15-11-17(9)16-10(19-11)6-2-3-7(12)8(13)4-6/h2-4H,5,13H2,1H3. The van der Waals surface area contributed by atoms with Gasteiger partial charge in [-0.3, -0.25) is 0 Å². The number of nitrogens with zero attached hydrogens (tertiary/aromatic N) is 4. The topological polar surface area (TPSA) is 78.3 Å². The van der Waals surface area contributed by atoms with Crippen LogP contribution in [0.15, 0.2) is 18.2 Å². The lowest BCUT2D eigenvalue weighted by atomic mass is 10.2. The summed E-state index contributed by atoms with van der Waals surface area (Å²) in [5, 5.41) is 13.1. The molecule has 1 aromatic carbocycles. The van der Waals surface area contributed by atoms with Gasteiger partial charge in [-0.05, 0) is 18.2 Å². The van der Waals surface area contributed by atoms with Gasteiger partial charge in [0.15, 0.2) is 5.82 Å². The first-order valence-corrected chi connectivity index (χ1v) is 6.26. The number of hydrogen-bond acceptors (Lipinski definition) is 6. The zero-order valence-electron chi connectivity index (χ0n) is 10.00. The molecule has 0 aliphatic rings. The second-order valence-electron chi connectivity index (χ2n) is 3.89. The largest absolute Gasteiger partial charge is 0.396 e. The zero-order valence-corrected chi connectivity index (χ0v) is 10.8. The molecule has 3 rings (SSSR count). The summed E-state index contributed by atoms with van der Waals surface area (Å²) in [5.41, 5.74) is 6.40. The summed E-state index contributed by atoms with van der Waals surface area (Å²) in [5.74, 6) is 0.182. The van der Waals surface area contributed by atoms with E-state index in [1.165, 1.54) is 17.4 Å². The van der Waals surface area contributed by atoms with E-state index in [0.717, 1.165) is 5.56 Å². The summed E-state index contributed by atoms with van der Waals surface area (Å²) in [6, 6.07) is 4.51. The number of anilines is 1. The molecule has 0 amide bonds. The van der Waals surface area contributed by atoms with Gasteiger partial charge in [0, 0.05) is 12.7 Å². The molecule has 0 saturated carbocycles. The van der Waals surface area contributed by atoms with Crippen molar-refractivity contribution < 1.29 is 9.13 Å². The molecule has 98 valence electrons. The minimum Gasteiger partial charge on any atom is -0.396 e. The lowest BCUT2D eigenvalue weighted by Gasteiger charge is -1.99. The van der Waals surface area contributed by atoms with E-state index < -0.39 is 5.82 Å². The maximum absolute atomic E-state index is 13.1. The summed E-state index contributed by atoms with van der Waals surface area (Å²) in [6.07, 6.45) is 0. The first kappa shape index (κ1) is 12.0. The Hall–Kier alpha value is -2.06. The van der Waals surface area contributed by atoms with Crippen LogP contribution in [0.2, 0.25) is 0 Å². The predicted octanol–water partition coefficient (Wildman–Crippen LogP) is 1.72. The molecule has 0 atom stereocenters. The summed E-state index contributed by atoms with van der Waals surface area (Å²) < 4.78 is 19.8. The Bertz CT molecular complexity index is 738. The second kappa shape index (κ2) is 4.56. The number of fused-ring (bicyclic) bond motifs is 1. The summed E-state index contributed by atoms with van der Waals surface area (Å²) in [6.45, 7) is 0.329. The van der Waals surface area contributed by atoms with Crippen LogP contribution >= 0.6 is 11.3 Å². The molecule has 6 nitrogen and oxygen atoms in total. The van der Waals surface area contributed by atoms with E-state index in [1.54, 1.807) is 23.8 Å². The maximum Gasteiger partial charge on any atom is 0.235 e. The third-order valence-corrected chi connectivity index (χ3v) is 3.52. The molecule has 19 heavy (non-hydrogen) atoms. The SMILES string of the molecule is COCc1nnc2sc(-c3ccc(F)c(N)c3)nn12. The van der Waals surface area contributed by atoms with Crippen LogP contribution in [0, 0.1) is 5.82 Å². The van der Waals surface area contributed by atoms with Crippen molar-refractivity contribution in [1.82, 2.24) is 19.8 Å². The average Bonchev–Trinajstić information content (AvgIpc) is 2.95. The number of benzene rings is 1. The molecular weight excluding hydrogens is 269 g/mol. The minimum absolute atomic E-state index is 0.0978. The molecule has 0 bridgehead atoms. The van der Waals surface area contributed by atoms with Gasteiger partial charge in [-0.2, -0.15) is 9.61 Å². The Morgan fingerprint density at radius 3 is 3.00 bits per heavy atom.